The third-order valence-corrected chi connectivity index (χ3v) is 5.90. The molecule has 0 bridgehead atoms. The van der Waals surface area contributed by atoms with Crippen molar-refractivity contribution >= 4 is 18.5 Å². The minimum absolute atomic E-state index is 0.0977. The Labute approximate surface area is 179 Å². The molecule has 2 aliphatic heterocycles. The van der Waals surface area contributed by atoms with E-state index in [2.05, 4.69) is 11.8 Å². The number of ether oxygens (including phenoxy) is 1. The number of hydrazone groups is 1. The fourth-order valence-electron chi connectivity index (χ4n) is 4.18. The van der Waals surface area contributed by atoms with Crippen molar-refractivity contribution in [1.29, 1.82) is 0 Å². The summed E-state index contributed by atoms with van der Waals surface area (Å²) in [6.45, 7) is 7.46. The number of carbonyl (C=O) groups is 2. The van der Waals surface area contributed by atoms with Crippen LogP contribution in [0.3, 0.4) is 0 Å². The van der Waals surface area contributed by atoms with Crippen LogP contribution in [0.25, 0.3) is 0 Å². The molecule has 2 aliphatic rings. The van der Waals surface area contributed by atoms with Crippen LogP contribution in [0.4, 0.5) is 4.39 Å². The summed E-state index contributed by atoms with van der Waals surface area (Å²) in [5, 5.41) is 15.6. The maximum Gasteiger partial charge on any atom is 0.274 e. The number of aliphatic hydroxyl groups is 1. The standard InChI is InChI=1S/C23H24FN3O4/c1-13-10-18-19(31-20-8-5-9-26(20)22(18)29)12-17(13)23(30)27(25-3)14(2)21(28)15-6-4-7-16(24)11-15/h4,6-7,10-12,14,20-21,28H,3,5,8-9H2,1-2H3. The lowest BCUT2D eigenvalue weighted by Crippen LogP contribution is -2.43. The van der Waals surface area contributed by atoms with E-state index in [0.29, 0.717) is 34.5 Å². The molecule has 3 unspecified atom stereocenters. The van der Waals surface area contributed by atoms with E-state index in [0.717, 1.165) is 17.9 Å². The molecule has 0 spiro atoms. The van der Waals surface area contributed by atoms with Crippen molar-refractivity contribution in [3.8, 4) is 5.75 Å². The average Bonchev–Trinajstić information content (AvgIpc) is 3.22. The molecule has 1 fully saturated rings. The van der Waals surface area contributed by atoms with Gasteiger partial charge in [-0.1, -0.05) is 12.1 Å². The van der Waals surface area contributed by atoms with Crippen LogP contribution >= 0.6 is 0 Å². The number of carbonyl (C=O) groups excluding carboxylic acids is 2. The molecule has 31 heavy (non-hydrogen) atoms. The Morgan fingerprint density at radius 2 is 2.16 bits per heavy atom. The summed E-state index contributed by atoms with van der Waals surface area (Å²) in [5.41, 5.74) is 1.63. The van der Waals surface area contributed by atoms with Gasteiger partial charge < -0.3 is 14.7 Å². The van der Waals surface area contributed by atoms with Gasteiger partial charge in [0.1, 0.15) is 17.7 Å². The lowest BCUT2D eigenvalue weighted by molar-refractivity contribution is 0.0289. The molecule has 1 N–H and O–H groups in total. The first-order valence-electron chi connectivity index (χ1n) is 10.2. The fourth-order valence-corrected chi connectivity index (χ4v) is 4.18. The molecule has 162 valence electrons. The van der Waals surface area contributed by atoms with E-state index < -0.39 is 23.9 Å². The van der Waals surface area contributed by atoms with Crippen molar-refractivity contribution in [1.82, 2.24) is 9.91 Å². The molecule has 0 aliphatic carbocycles. The van der Waals surface area contributed by atoms with Gasteiger partial charge in [0.05, 0.1) is 11.6 Å². The third kappa shape index (κ3) is 3.67. The largest absolute Gasteiger partial charge is 0.470 e. The Balaban J connectivity index is 1.63. The number of benzene rings is 2. The van der Waals surface area contributed by atoms with Crippen molar-refractivity contribution in [3.63, 3.8) is 0 Å². The van der Waals surface area contributed by atoms with E-state index in [4.69, 9.17) is 4.74 Å². The fraction of sp³-hybridized carbons (Fsp3) is 0.348. The number of amides is 2. The van der Waals surface area contributed by atoms with E-state index in [-0.39, 0.29) is 12.1 Å². The topological polar surface area (TPSA) is 82.4 Å². The zero-order valence-corrected chi connectivity index (χ0v) is 17.4. The molecule has 0 saturated carbocycles. The van der Waals surface area contributed by atoms with E-state index in [1.165, 1.54) is 18.2 Å². The zero-order chi connectivity index (χ0) is 22.3. The van der Waals surface area contributed by atoms with Crippen LogP contribution in [0.1, 0.15) is 57.7 Å². The summed E-state index contributed by atoms with van der Waals surface area (Å²) in [7, 11) is 0. The van der Waals surface area contributed by atoms with Gasteiger partial charge in [-0.15, -0.1) is 0 Å². The second kappa shape index (κ2) is 8.11. The Morgan fingerprint density at radius 3 is 2.87 bits per heavy atom. The van der Waals surface area contributed by atoms with Gasteiger partial charge in [-0.2, -0.15) is 5.10 Å². The smallest absolute Gasteiger partial charge is 0.274 e. The summed E-state index contributed by atoms with van der Waals surface area (Å²) in [6.07, 6.45) is 0.138. The van der Waals surface area contributed by atoms with Gasteiger partial charge in [-0.25, -0.2) is 9.40 Å². The number of fused-ring (bicyclic) bond motifs is 2. The van der Waals surface area contributed by atoms with Gasteiger partial charge in [0, 0.05) is 25.2 Å². The van der Waals surface area contributed by atoms with Crippen molar-refractivity contribution < 1.29 is 23.8 Å². The molecule has 8 heteroatoms. The number of halogens is 1. The van der Waals surface area contributed by atoms with Crippen LogP contribution in [-0.2, 0) is 0 Å². The van der Waals surface area contributed by atoms with Crippen molar-refractivity contribution in [2.45, 2.75) is 45.1 Å². The molecule has 7 nitrogen and oxygen atoms in total. The van der Waals surface area contributed by atoms with Gasteiger partial charge in [-0.05, 0) is 55.7 Å². The third-order valence-electron chi connectivity index (χ3n) is 5.90. The number of aliphatic hydroxyl groups excluding tert-OH is 1. The highest BCUT2D eigenvalue weighted by atomic mass is 19.1. The highest BCUT2D eigenvalue weighted by molar-refractivity contribution is 6.02. The van der Waals surface area contributed by atoms with Crippen molar-refractivity contribution in [2.24, 2.45) is 5.10 Å². The minimum atomic E-state index is -1.17. The predicted molar refractivity (Wildman–Crippen MR) is 112 cm³/mol. The Hall–Kier alpha value is -3.26. The van der Waals surface area contributed by atoms with Gasteiger partial charge in [-0.3, -0.25) is 9.59 Å². The predicted octanol–water partition coefficient (Wildman–Crippen LogP) is 3.27. The second-order valence-electron chi connectivity index (χ2n) is 7.91. The summed E-state index contributed by atoms with van der Waals surface area (Å²) in [4.78, 5) is 27.8. The zero-order valence-electron chi connectivity index (χ0n) is 17.4. The molecular formula is C23H24FN3O4. The highest BCUT2D eigenvalue weighted by Gasteiger charge is 2.38. The molecular weight excluding hydrogens is 401 g/mol. The average molecular weight is 425 g/mol. The van der Waals surface area contributed by atoms with E-state index in [1.807, 2.05) is 0 Å². The Bertz CT molecular complexity index is 1060. The first-order valence-corrected chi connectivity index (χ1v) is 10.2. The molecule has 4 rings (SSSR count). The van der Waals surface area contributed by atoms with Crippen molar-refractivity contribution in [2.75, 3.05) is 6.54 Å². The maximum absolute atomic E-state index is 13.6. The molecule has 1 saturated heterocycles. The van der Waals surface area contributed by atoms with Crippen LogP contribution in [0.2, 0.25) is 0 Å². The highest BCUT2D eigenvalue weighted by Crippen LogP contribution is 2.35. The van der Waals surface area contributed by atoms with E-state index >= 15 is 0 Å². The van der Waals surface area contributed by atoms with Crippen LogP contribution < -0.4 is 4.74 Å². The van der Waals surface area contributed by atoms with Crippen LogP contribution in [0, 0.1) is 12.7 Å². The molecule has 0 aromatic heterocycles. The van der Waals surface area contributed by atoms with E-state index in [1.54, 1.807) is 36.9 Å². The molecule has 2 amide bonds. The SMILES string of the molecule is C=NN(C(=O)c1cc2c(cc1C)C(=O)N1CCCC1O2)C(C)C(O)c1cccc(F)c1. The quantitative estimate of drug-likeness (QED) is 0.589. The molecule has 2 aromatic carbocycles. The number of rotatable bonds is 5. The van der Waals surface area contributed by atoms with Gasteiger partial charge in [0.25, 0.3) is 11.8 Å². The number of hydrogen-bond donors (Lipinski definition) is 1. The number of hydrogen-bond acceptors (Lipinski definition) is 5. The van der Waals surface area contributed by atoms with Crippen LogP contribution in [0.5, 0.6) is 5.75 Å². The minimum Gasteiger partial charge on any atom is -0.470 e. The second-order valence-corrected chi connectivity index (χ2v) is 7.91. The summed E-state index contributed by atoms with van der Waals surface area (Å²) in [5.74, 6) is -0.714. The maximum atomic E-state index is 13.6. The van der Waals surface area contributed by atoms with Gasteiger partial charge >= 0.3 is 0 Å². The van der Waals surface area contributed by atoms with Crippen LogP contribution in [-0.4, -0.2) is 52.4 Å². The Morgan fingerprint density at radius 1 is 1.39 bits per heavy atom. The molecule has 3 atom stereocenters. The molecule has 2 heterocycles. The van der Waals surface area contributed by atoms with Gasteiger partial charge in [0.15, 0.2) is 6.23 Å². The van der Waals surface area contributed by atoms with E-state index in [9.17, 15) is 19.1 Å². The van der Waals surface area contributed by atoms with Crippen molar-refractivity contribution in [3.05, 3.63) is 64.5 Å². The molecule has 2 aromatic rings. The lowest BCUT2D eigenvalue weighted by Gasteiger charge is -2.33. The van der Waals surface area contributed by atoms with Crippen LogP contribution in [0.15, 0.2) is 41.5 Å². The summed E-state index contributed by atoms with van der Waals surface area (Å²) in [6, 6.07) is 7.95. The summed E-state index contributed by atoms with van der Waals surface area (Å²) >= 11 is 0. The monoisotopic (exact) mass is 425 g/mol. The lowest BCUT2D eigenvalue weighted by atomic mass is 9.99. The summed E-state index contributed by atoms with van der Waals surface area (Å²) < 4.78 is 19.5. The first kappa shape index (κ1) is 21.0. The first-order chi connectivity index (χ1) is 14.8. The van der Waals surface area contributed by atoms with Gasteiger partial charge in [0.2, 0.25) is 0 Å². The normalized spacial score (nSPS) is 19.2. The Kier molecular flexibility index (Phi) is 5.49. The number of nitrogens with zero attached hydrogens (tertiary/aromatic N) is 3. The number of aryl methyl sites for hydroxylation is 1. The molecule has 0 radical (unpaired) electrons.